The largest absolute Gasteiger partial charge is 0.486 e. The first-order valence-electron chi connectivity index (χ1n) is 10.3. The Morgan fingerprint density at radius 2 is 2.00 bits per heavy atom. The van der Waals surface area contributed by atoms with Crippen molar-refractivity contribution < 1.29 is 17.9 Å². The molecule has 1 N–H and O–H groups in total. The molecule has 2 aromatic carbocycles. The summed E-state index contributed by atoms with van der Waals surface area (Å²) in [5.41, 5.74) is 1.67. The van der Waals surface area contributed by atoms with Crippen LogP contribution in [0.4, 0.5) is 0 Å². The second kappa shape index (κ2) is 9.03. The van der Waals surface area contributed by atoms with E-state index in [4.69, 9.17) is 4.74 Å². The number of likely N-dealkylation sites (tertiary alicyclic amines) is 1. The number of pyridine rings is 1. The molecule has 4 rings (SSSR count). The van der Waals surface area contributed by atoms with Gasteiger partial charge >= 0.3 is 0 Å². The summed E-state index contributed by atoms with van der Waals surface area (Å²) in [4.78, 5) is 18.9. The van der Waals surface area contributed by atoms with Gasteiger partial charge in [0.25, 0.3) is 0 Å². The van der Waals surface area contributed by atoms with Crippen molar-refractivity contribution in [2.45, 2.75) is 30.8 Å². The lowest BCUT2D eigenvalue weighted by Gasteiger charge is -2.18. The molecule has 2 heterocycles. The molecule has 0 saturated carbocycles. The molecule has 3 aromatic rings. The first-order chi connectivity index (χ1) is 14.9. The van der Waals surface area contributed by atoms with E-state index in [9.17, 15) is 13.2 Å². The van der Waals surface area contributed by atoms with Crippen LogP contribution in [0.1, 0.15) is 18.4 Å². The van der Waals surface area contributed by atoms with Crippen molar-refractivity contribution in [3.63, 3.8) is 0 Å². The molecule has 31 heavy (non-hydrogen) atoms. The number of nitrogens with one attached hydrogen (secondary N) is 1. The smallest absolute Gasteiger partial charge is 0.240 e. The summed E-state index contributed by atoms with van der Waals surface area (Å²) in [5.74, 6) is 0.623. The van der Waals surface area contributed by atoms with Crippen LogP contribution < -0.4 is 9.46 Å². The molecule has 1 amide bonds. The molecule has 0 aliphatic carbocycles. The Bertz CT molecular complexity index is 1190. The Morgan fingerprint density at radius 1 is 1.19 bits per heavy atom. The molecule has 8 heteroatoms. The van der Waals surface area contributed by atoms with Crippen LogP contribution in [0.2, 0.25) is 0 Å². The normalized spacial score (nSPS) is 16.5. The number of carbonyl (C=O) groups is 1. The molecule has 0 bridgehead atoms. The first kappa shape index (κ1) is 21.3. The van der Waals surface area contributed by atoms with E-state index >= 15 is 0 Å². The van der Waals surface area contributed by atoms with Crippen molar-refractivity contribution in [3.05, 3.63) is 66.4 Å². The fourth-order valence-corrected chi connectivity index (χ4v) is 4.85. The van der Waals surface area contributed by atoms with Crippen molar-refractivity contribution in [1.29, 1.82) is 0 Å². The number of para-hydroxylation sites is 1. The van der Waals surface area contributed by atoms with Crippen molar-refractivity contribution in [3.8, 4) is 5.75 Å². The Kier molecular flexibility index (Phi) is 6.20. The Morgan fingerprint density at radius 3 is 2.84 bits per heavy atom. The number of aryl methyl sites for hydroxylation is 1. The van der Waals surface area contributed by atoms with E-state index in [1.807, 2.05) is 43.3 Å². The summed E-state index contributed by atoms with van der Waals surface area (Å²) in [6, 6.07) is 16.4. The van der Waals surface area contributed by atoms with Crippen LogP contribution in [0.25, 0.3) is 10.9 Å². The summed E-state index contributed by atoms with van der Waals surface area (Å²) >= 11 is 0. The third-order valence-corrected chi connectivity index (χ3v) is 6.78. The second-order valence-corrected chi connectivity index (χ2v) is 9.43. The minimum atomic E-state index is -3.63. The number of rotatable bonds is 7. The molecule has 1 saturated heterocycles. The highest BCUT2D eigenvalue weighted by molar-refractivity contribution is 7.89. The van der Waals surface area contributed by atoms with Crippen molar-refractivity contribution in [2.24, 2.45) is 0 Å². The summed E-state index contributed by atoms with van der Waals surface area (Å²) in [6.07, 6.45) is 2.45. The average Bonchev–Trinajstić information content (AvgIpc) is 3.22. The lowest BCUT2D eigenvalue weighted by atomic mass is 10.2. The fourth-order valence-electron chi connectivity index (χ4n) is 3.72. The third-order valence-electron chi connectivity index (χ3n) is 5.32. The summed E-state index contributed by atoms with van der Waals surface area (Å²) in [5, 5.41) is 1.01. The van der Waals surface area contributed by atoms with Gasteiger partial charge in [-0.15, -0.1) is 0 Å². The number of benzene rings is 2. The maximum Gasteiger partial charge on any atom is 0.240 e. The summed E-state index contributed by atoms with van der Waals surface area (Å²) < 4.78 is 33.4. The standard InChI is InChI=1S/C23H25N3O4S/c1-17-5-2-8-20(15-17)31(28,29)25-13-10-22(27)26-14-11-19(16-26)30-21-9-3-6-18-7-4-12-24-23(18)21/h2-9,12,15,19,25H,10-11,13-14,16H2,1H3. The molecule has 1 aromatic heterocycles. The van der Waals surface area contributed by atoms with Gasteiger partial charge in [0.1, 0.15) is 17.4 Å². The minimum absolute atomic E-state index is 0.0599. The Balaban J connectivity index is 1.30. The van der Waals surface area contributed by atoms with E-state index in [-0.39, 0.29) is 29.9 Å². The molecule has 1 unspecified atom stereocenters. The number of amides is 1. The first-order valence-corrected chi connectivity index (χ1v) is 11.8. The zero-order chi connectivity index (χ0) is 21.8. The van der Waals surface area contributed by atoms with Crippen LogP contribution in [-0.4, -0.2) is 49.9 Å². The van der Waals surface area contributed by atoms with Gasteiger partial charge in [-0.25, -0.2) is 13.1 Å². The molecule has 0 spiro atoms. The summed E-state index contributed by atoms with van der Waals surface area (Å²) in [7, 11) is -3.63. The van der Waals surface area contributed by atoms with Gasteiger partial charge in [0.05, 0.1) is 11.4 Å². The minimum Gasteiger partial charge on any atom is -0.486 e. The van der Waals surface area contributed by atoms with E-state index in [0.717, 1.165) is 22.9 Å². The van der Waals surface area contributed by atoms with Crippen LogP contribution >= 0.6 is 0 Å². The zero-order valence-electron chi connectivity index (χ0n) is 17.3. The molecule has 162 valence electrons. The second-order valence-electron chi connectivity index (χ2n) is 7.66. The maximum atomic E-state index is 12.6. The van der Waals surface area contributed by atoms with Gasteiger partial charge in [-0.2, -0.15) is 0 Å². The van der Waals surface area contributed by atoms with Crippen LogP contribution in [0.5, 0.6) is 5.75 Å². The number of aromatic nitrogens is 1. The topological polar surface area (TPSA) is 88.6 Å². The van der Waals surface area contributed by atoms with Crippen molar-refractivity contribution in [1.82, 2.24) is 14.6 Å². The number of hydrogen-bond donors (Lipinski definition) is 1. The van der Waals surface area contributed by atoms with E-state index in [1.54, 1.807) is 29.3 Å². The molecule has 1 atom stereocenters. The molecular weight excluding hydrogens is 414 g/mol. The number of sulfonamides is 1. The molecule has 1 aliphatic heterocycles. The molecule has 1 fully saturated rings. The van der Waals surface area contributed by atoms with Crippen LogP contribution in [0.3, 0.4) is 0 Å². The lowest BCUT2D eigenvalue weighted by molar-refractivity contribution is -0.130. The van der Waals surface area contributed by atoms with Gasteiger partial charge in [-0.05, 0) is 36.8 Å². The lowest BCUT2D eigenvalue weighted by Crippen LogP contribution is -2.34. The molecule has 1 aliphatic rings. The highest BCUT2D eigenvalue weighted by atomic mass is 32.2. The SMILES string of the molecule is Cc1cccc(S(=O)(=O)NCCC(=O)N2CCC(Oc3cccc4cccnc34)C2)c1. The van der Waals surface area contributed by atoms with Gasteiger partial charge in [-0.3, -0.25) is 9.78 Å². The number of nitrogens with zero attached hydrogens (tertiary/aromatic N) is 2. The van der Waals surface area contributed by atoms with Gasteiger partial charge in [0.2, 0.25) is 15.9 Å². The van der Waals surface area contributed by atoms with Crippen molar-refractivity contribution >= 4 is 26.8 Å². The molecule has 0 radical (unpaired) electrons. The number of ether oxygens (including phenoxy) is 1. The van der Waals surface area contributed by atoms with Gasteiger partial charge in [0.15, 0.2) is 0 Å². The Hall–Kier alpha value is -2.97. The molecule has 7 nitrogen and oxygen atoms in total. The van der Waals surface area contributed by atoms with E-state index in [2.05, 4.69) is 9.71 Å². The maximum absolute atomic E-state index is 12.6. The van der Waals surface area contributed by atoms with Crippen LogP contribution in [0, 0.1) is 6.92 Å². The van der Waals surface area contributed by atoms with E-state index in [1.165, 1.54) is 0 Å². The quantitative estimate of drug-likeness (QED) is 0.612. The van der Waals surface area contributed by atoms with Crippen LogP contribution in [0.15, 0.2) is 65.7 Å². The number of carbonyl (C=O) groups excluding carboxylic acids is 1. The fraction of sp³-hybridized carbons (Fsp3) is 0.304. The van der Waals surface area contributed by atoms with E-state index < -0.39 is 10.0 Å². The third kappa shape index (κ3) is 5.03. The highest BCUT2D eigenvalue weighted by Gasteiger charge is 2.28. The average molecular weight is 440 g/mol. The van der Waals surface area contributed by atoms with E-state index in [0.29, 0.717) is 18.8 Å². The summed E-state index contributed by atoms with van der Waals surface area (Å²) in [6.45, 7) is 2.96. The monoisotopic (exact) mass is 439 g/mol. The van der Waals surface area contributed by atoms with Crippen LogP contribution in [-0.2, 0) is 14.8 Å². The predicted octanol–water partition coefficient (Wildman–Crippen LogP) is 2.89. The zero-order valence-corrected chi connectivity index (χ0v) is 18.1. The number of fused-ring (bicyclic) bond motifs is 1. The van der Waals surface area contributed by atoms with Gasteiger partial charge in [-0.1, -0.05) is 30.3 Å². The highest BCUT2D eigenvalue weighted by Crippen LogP contribution is 2.26. The van der Waals surface area contributed by atoms with Gasteiger partial charge < -0.3 is 9.64 Å². The predicted molar refractivity (Wildman–Crippen MR) is 118 cm³/mol. The van der Waals surface area contributed by atoms with Crippen molar-refractivity contribution in [2.75, 3.05) is 19.6 Å². The van der Waals surface area contributed by atoms with Gasteiger partial charge in [0, 0.05) is 37.5 Å². The number of hydrogen-bond acceptors (Lipinski definition) is 5. The Labute approximate surface area is 182 Å². The molecular formula is C23H25N3O4S.